The largest absolute Gasteiger partial charge is 0.399 e. The standard InChI is InChI=1S/C17H23F3N2O.ClH/c18-17(19,20)10-11-22(15-4-2-1-3-5-15)16(23)12-13-6-8-14(21)9-7-13;/h6-9,15H,1-5,10-12,21H2;1H. The maximum absolute atomic E-state index is 12.6. The van der Waals surface area contributed by atoms with E-state index in [-0.39, 0.29) is 37.3 Å². The molecule has 1 amide bonds. The Kier molecular flexibility index (Phi) is 7.87. The molecule has 0 bridgehead atoms. The number of alkyl halides is 3. The molecule has 1 aromatic rings. The van der Waals surface area contributed by atoms with Crippen molar-refractivity contribution in [2.24, 2.45) is 0 Å². The highest BCUT2D eigenvalue weighted by Gasteiger charge is 2.32. The molecule has 24 heavy (non-hydrogen) atoms. The monoisotopic (exact) mass is 364 g/mol. The quantitative estimate of drug-likeness (QED) is 0.790. The first-order valence-corrected chi connectivity index (χ1v) is 8.06. The number of benzene rings is 1. The van der Waals surface area contributed by atoms with Crippen molar-refractivity contribution in [1.29, 1.82) is 0 Å². The summed E-state index contributed by atoms with van der Waals surface area (Å²) in [6, 6.07) is 6.82. The lowest BCUT2D eigenvalue weighted by Crippen LogP contribution is -2.44. The highest BCUT2D eigenvalue weighted by Crippen LogP contribution is 2.26. The highest BCUT2D eigenvalue weighted by molar-refractivity contribution is 5.85. The molecule has 1 saturated carbocycles. The fraction of sp³-hybridized carbons (Fsp3) is 0.588. The molecule has 0 spiro atoms. The van der Waals surface area contributed by atoms with E-state index >= 15 is 0 Å². The second-order valence-electron chi connectivity index (χ2n) is 6.16. The van der Waals surface area contributed by atoms with Gasteiger partial charge in [0.15, 0.2) is 0 Å². The number of nitrogens with two attached hydrogens (primary N) is 1. The minimum Gasteiger partial charge on any atom is -0.399 e. The van der Waals surface area contributed by atoms with Gasteiger partial charge in [-0.25, -0.2) is 0 Å². The molecule has 0 aromatic heterocycles. The molecule has 0 unspecified atom stereocenters. The molecule has 0 heterocycles. The van der Waals surface area contributed by atoms with Crippen molar-refractivity contribution in [2.75, 3.05) is 12.3 Å². The van der Waals surface area contributed by atoms with E-state index in [2.05, 4.69) is 0 Å². The Morgan fingerprint density at radius 2 is 1.71 bits per heavy atom. The van der Waals surface area contributed by atoms with Crippen LogP contribution in [0.4, 0.5) is 18.9 Å². The van der Waals surface area contributed by atoms with Crippen molar-refractivity contribution in [3.05, 3.63) is 29.8 Å². The Morgan fingerprint density at radius 3 is 2.25 bits per heavy atom. The predicted molar refractivity (Wildman–Crippen MR) is 91.1 cm³/mol. The fourth-order valence-electron chi connectivity index (χ4n) is 3.06. The van der Waals surface area contributed by atoms with E-state index in [4.69, 9.17) is 5.73 Å². The van der Waals surface area contributed by atoms with Gasteiger partial charge in [0.25, 0.3) is 0 Å². The number of nitrogen functional groups attached to an aromatic ring is 1. The van der Waals surface area contributed by atoms with E-state index in [1.807, 2.05) is 0 Å². The van der Waals surface area contributed by atoms with Crippen molar-refractivity contribution in [3.8, 4) is 0 Å². The molecular formula is C17H24ClF3N2O. The summed E-state index contributed by atoms with van der Waals surface area (Å²) in [5, 5.41) is 0. The molecule has 1 aromatic carbocycles. The molecule has 0 radical (unpaired) electrons. The molecule has 2 N–H and O–H groups in total. The molecule has 0 saturated heterocycles. The Bertz CT molecular complexity index is 514. The summed E-state index contributed by atoms with van der Waals surface area (Å²) in [7, 11) is 0. The number of carbonyl (C=O) groups is 1. The van der Waals surface area contributed by atoms with E-state index in [9.17, 15) is 18.0 Å². The third kappa shape index (κ3) is 6.59. The Balaban J connectivity index is 0.00000288. The van der Waals surface area contributed by atoms with Crippen LogP contribution in [0.2, 0.25) is 0 Å². The summed E-state index contributed by atoms with van der Waals surface area (Å²) in [6.07, 6.45) is -0.433. The van der Waals surface area contributed by atoms with Crippen LogP contribution in [0.25, 0.3) is 0 Å². The average Bonchev–Trinajstić information content (AvgIpc) is 2.50. The van der Waals surface area contributed by atoms with Crippen LogP contribution in [0.15, 0.2) is 24.3 Å². The van der Waals surface area contributed by atoms with Gasteiger partial charge in [-0.15, -0.1) is 12.4 Å². The topological polar surface area (TPSA) is 46.3 Å². The lowest BCUT2D eigenvalue weighted by Gasteiger charge is -2.35. The number of rotatable bonds is 5. The molecule has 1 aliphatic rings. The van der Waals surface area contributed by atoms with E-state index in [0.717, 1.165) is 37.7 Å². The van der Waals surface area contributed by atoms with Crippen LogP contribution in [0.5, 0.6) is 0 Å². The zero-order valence-electron chi connectivity index (χ0n) is 13.5. The maximum Gasteiger partial charge on any atom is 0.390 e. The summed E-state index contributed by atoms with van der Waals surface area (Å²) in [5.41, 5.74) is 6.98. The molecule has 136 valence electrons. The van der Waals surface area contributed by atoms with Crippen molar-refractivity contribution < 1.29 is 18.0 Å². The van der Waals surface area contributed by atoms with Crippen LogP contribution in [0, 0.1) is 0 Å². The van der Waals surface area contributed by atoms with Crippen LogP contribution in [0.1, 0.15) is 44.1 Å². The number of hydrogen-bond acceptors (Lipinski definition) is 2. The van der Waals surface area contributed by atoms with Gasteiger partial charge in [0.1, 0.15) is 0 Å². The number of nitrogens with zero attached hydrogens (tertiary/aromatic N) is 1. The number of amides is 1. The third-order valence-electron chi connectivity index (χ3n) is 4.31. The summed E-state index contributed by atoms with van der Waals surface area (Å²) in [6.45, 7) is -0.248. The molecule has 0 atom stereocenters. The van der Waals surface area contributed by atoms with Gasteiger partial charge in [-0.3, -0.25) is 4.79 Å². The summed E-state index contributed by atoms with van der Waals surface area (Å²) >= 11 is 0. The van der Waals surface area contributed by atoms with Crippen LogP contribution in [0.3, 0.4) is 0 Å². The molecule has 7 heteroatoms. The van der Waals surface area contributed by atoms with Crippen LogP contribution in [-0.2, 0) is 11.2 Å². The first-order chi connectivity index (χ1) is 10.8. The van der Waals surface area contributed by atoms with Gasteiger partial charge in [0, 0.05) is 18.3 Å². The lowest BCUT2D eigenvalue weighted by atomic mass is 9.93. The predicted octanol–water partition coefficient (Wildman–Crippen LogP) is 4.35. The molecule has 0 aliphatic heterocycles. The van der Waals surface area contributed by atoms with Crippen LogP contribution < -0.4 is 5.73 Å². The van der Waals surface area contributed by atoms with Crippen molar-refractivity contribution in [2.45, 2.75) is 57.2 Å². The van der Waals surface area contributed by atoms with Gasteiger partial charge in [0.05, 0.1) is 12.8 Å². The van der Waals surface area contributed by atoms with Gasteiger partial charge < -0.3 is 10.6 Å². The number of anilines is 1. The Hall–Kier alpha value is -1.43. The van der Waals surface area contributed by atoms with Crippen molar-refractivity contribution >= 4 is 24.0 Å². The van der Waals surface area contributed by atoms with E-state index in [1.54, 1.807) is 24.3 Å². The van der Waals surface area contributed by atoms with Gasteiger partial charge in [-0.1, -0.05) is 31.4 Å². The SMILES string of the molecule is Cl.Nc1ccc(CC(=O)N(CCC(F)(F)F)C2CCCCC2)cc1. The second kappa shape index (κ2) is 9.16. The van der Waals surface area contributed by atoms with Crippen molar-refractivity contribution in [3.63, 3.8) is 0 Å². The maximum atomic E-state index is 12.6. The second-order valence-corrected chi connectivity index (χ2v) is 6.16. The molecule has 2 rings (SSSR count). The van der Waals surface area contributed by atoms with Gasteiger partial charge in [0.2, 0.25) is 5.91 Å². The zero-order valence-corrected chi connectivity index (χ0v) is 14.3. The number of halogens is 4. The van der Waals surface area contributed by atoms with E-state index in [0.29, 0.717) is 5.69 Å². The average molecular weight is 365 g/mol. The first-order valence-electron chi connectivity index (χ1n) is 8.06. The van der Waals surface area contributed by atoms with Gasteiger partial charge in [-0.2, -0.15) is 13.2 Å². The third-order valence-corrected chi connectivity index (χ3v) is 4.31. The molecule has 3 nitrogen and oxygen atoms in total. The summed E-state index contributed by atoms with van der Waals surface area (Å²) in [5.74, 6) is -0.231. The normalized spacial score (nSPS) is 15.6. The fourth-order valence-corrected chi connectivity index (χ4v) is 3.06. The van der Waals surface area contributed by atoms with Crippen LogP contribution in [-0.4, -0.2) is 29.6 Å². The minimum atomic E-state index is -4.24. The zero-order chi connectivity index (χ0) is 16.9. The smallest absolute Gasteiger partial charge is 0.390 e. The van der Waals surface area contributed by atoms with Gasteiger partial charge in [-0.05, 0) is 30.5 Å². The van der Waals surface area contributed by atoms with Crippen molar-refractivity contribution in [1.82, 2.24) is 4.90 Å². The Morgan fingerprint density at radius 1 is 1.12 bits per heavy atom. The van der Waals surface area contributed by atoms with Gasteiger partial charge >= 0.3 is 6.18 Å². The minimum absolute atomic E-state index is 0. The van der Waals surface area contributed by atoms with E-state index < -0.39 is 12.6 Å². The van der Waals surface area contributed by atoms with Crippen LogP contribution >= 0.6 is 12.4 Å². The number of hydrogen-bond donors (Lipinski definition) is 1. The number of carbonyl (C=O) groups excluding carboxylic acids is 1. The molecular weight excluding hydrogens is 341 g/mol. The molecule has 1 aliphatic carbocycles. The first kappa shape index (κ1) is 20.6. The highest BCUT2D eigenvalue weighted by atomic mass is 35.5. The molecule has 1 fully saturated rings. The van der Waals surface area contributed by atoms with E-state index in [1.165, 1.54) is 4.90 Å². The lowest BCUT2D eigenvalue weighted by molar-refractivity contribution is -0.148. The summed E-state index contributed by atoms with van der Waals surface area (Å²) in [4.78, 5) is 14.0. The summed E-state index contributed by atoms with van der Waals surface area (Å²) < 4.78 is 37.7. The Labute approximate surface area is 146 Å².